The Bertz CT molecular complexity index is 491. The van der Waals surface area contributed by atoms with E-state index >= 15 is 0 Å². The SMILES string of the molecule is COc1ccc(NCC2CC(F)(F)C(=O)O2)cc1C. The normalized spacial score (nSPS) is 21.1. The number of aryl methyl sites for hydroxylation is 1. The first-order valence-electron chi connectivity index (χ1n) is 5.90. The van der Waals surface area contributed by atoms with Crippen LogP contribution in [0.15, 0.2) is 18.2 Å². The first-order valence-corrected chi connectivity index (χ1v) is 5.90. The summed E-state index contributed by atoms with van der Waals surface area (Å²) in [6, 6.07) is 5.40. The standard InChI is InChI=1S/C13H15F2NO3/c1-8-5-9(3-4-11(8)18-2)16-7-10-6-13(14,15)12(17)19-10/h3-5,10,16H,6-7H2,1-2H3. The lowest BCUT2D eigenvalue weighted by Crippen LogP contribution is -2.22. The van der Waals surface area contributed by atoms with Crippen molar-refractivity contribution in [2.24, 2.45) is 0 Å². The number of benzene rings is 1. The first-order chi connectivity index (χ1) is 8.92. The van der Waals surface area contributed by atoms with Crippen LogP contribution in [0, 0.1) is 6.92 Å². The molecule has 6 heteroatoms. The van der Waals surface area contributed by atoms with Crippen LogP contribution >= 0.6 is 0 Å². The second kappa shape index (κ2) is 5.03. The van der Waals surface area contributed by atoms with Gasteiger partial charge in [-0.3, -0.25) is 0 Å². The number of rotatable bonds is 4. The van der Waals surface area contributed by atoms with Crippen LogP contribution in [-0.2, 0) is 9.53 Å². The second-order valence-electron chi connectivity index (χ2n) is 4.50. The van der Waals surface area contributed by atoms with Gasteiger partial charge >= 0.3 is 11.9 Å². The molecule has 1 aliphatic rings. The molecule has 0 aromatic heterocycles. The van der Waals surface area contributed by atoms with Gasteiger partial charge in [-0.15, -0.1) is 0 Å². The lowest BCUT2D eigenvalue weighted by atomic mass is 10.1. The van der Waals surface area contributed by atoms with Crippen molar-refractivity contribution < 1.29 is 23.0 Å². The molecule has 1 N–H and O–H groups in total. The number of anilines is 1. The summed E-state index contributed by atoms with van der Waals surface area (Å²) >= 11 is 0. The van der Waals surface area contributed by atoms with Gasteiger partial charge < -0.3 is 14.8 Å². The number of halogens is 2. The van der Waals surface area contributed by atoms with E-state index in [4.69, 9.17) is 4.74 Å². The lowest BCUT2D eigenvalue weighted by molar-refractivity contribution is -0.158. The molecule has 1 fully saturated rings. The Labute approximate surface area is 109 Å². The van der Waals surface area contributed by atoms with Crippen molar-refractivity contribution >= 4 is 11.7 Å². The predicted molar refractivity (Wildman–Crippen MR) is 65.7 cm³/mol. The van der Waals surface area contributed by atoms with E-state index in [1.165, 1.54) is 0 Å². The van der Waals surface area contributed by atoms with Crippen LogP contribution in [0.3, 0.4) is 0 Å². The number of alkyl halides is 2. The highest BCUT2D eigenvalue weighted by atomic mass is 19.3. The molecule has 1 aromatic carbocycles. The van der Waals surface area contributed by atoms with Gasteiger partial charge in [0.1, 0.15) is 11.9 Å². The van der Waals surface area contributed by atoms with Crippen molar-refractivity contribution in [3.8, 4) is 5.75 Å². The third-order valence-electron chi connectivity index (χ3n) is 2.99. The van der Waals surface area contributed by atoms with Crippen molar-refractivity contribution in [3.63, 3.8) is 0 Å². The van der Waals surface area contributed by atoms with E-state index in [1.807, 2.05) is 13.0 Å². The van der Waals surface area contributed by atoms with Crippen molar-refractivity contribution in [2.45, 2.75) is 25.4 Å². The Hall–Kier alpha value is -1.85. The zero-order chi connectivity index (χ0) is 14.0. The summed E-state index contributed by atoms with van der Waals surface area (Å²) in [5.41, 5.74) is 1.70. The molecule has 104 valence electrons. The third-order valence-corrected chi connectivity index (χ3v) is 2.99. The molecule has 0 saturated carbocycles. The second-order valence-corrected chi connectivity index (χ2v) is 4.50. The average molecular weight is 271 g/mol. The van der Waals surface area contributed by atoms with Crippen LogP contribution in [0.25, 0.3) is 0 Å². The fraction of sp³-hybridized carbons (Fsp3) is 0.462. The molecule has 0 bridgehead atoms. The minimum Gasteiger partial charge on any atom is -0.496 e. The monoisotopic (exact) mass is 271 g/mol. The number of hydrogen-bond donors (Lipinski definition) is 1. The van der Waals surface area contributed by atoms with Crippen molar-refractivity contribution in [2.75, 3.05) is 19.0 Å². The van der Waals surface area contributed by atoms with Gasteiger partial charge in [0.15, 0.2) is 0 Å². The molecular weight excluding hydrogens is 256 g/mol. The number of nitrogens with one attached hydrogen (secondary N) is 1. The molecule has 1 unspecified atom stereocenters. The number of cyclic esters (lactones) is 1. The van der Waals surface area contributed by atoms with Crippen molar-refractivity contribution in [1.29, 1.82) is 0 Å². The van der Waals surface area contributed by atoms with Gasteiger partial charge in [0.05, 0.1) is 20.1 Å². The van der Waals surface area contributed by atoms with Crippen molar-refractivity contribution in [1.82, 2.24) is 0 Å². The van der Waals surface area contributed by atoms with E-state index < -0.39 is 24.4 Å². The van der Waals surface area contributed by atoms with Crippen LogP contribution in [0.4, 0.5) is 14.5 Å². The van der Waals surface area contributed by atoms with Crippen LogP contribution in [0.2, 0.25) is 0 Å². The van der Waals surface area contributed by atoms with E-state index in [9.17, 15) is 13.6 Å². The summed E-state index contributed by atoms with van der Waals surface area (Å²) in [5, 5.41) is 2.97. The molecule has 4 nitrogen and oxygen atoms in total. The van der Waals surface area contributed by atoms with Gasteiger partial charge in [-0.1, -0.05) is 0 Å². The maximum absolute atomic E-state index is 13.0. The molecule has 0 aliphatic carbocycles. The van der Waals surface area contributed by atoms with E-state index in [1.54, 1.807) is 19.2 Å². The van der Waals surface area contributed by atoms with E-state index in [0.717, 1.165) is 17.0 Å². The third kappa shape index (κ3) is 2.94. The fourth-order valence-electron chi connectivity index (χ4n) is 1.98. The summed E-state index contributed by atoms with van der Waals surface area (Å²) < 4.78 is 35.6. The van der Waals surface area contributed by atoms with Gasteiger partial charge in [-0.05, 0) is 30.7 Å². The molecule has 1 heterocycles. The molecule has 0 radical (unpaired) electrons. The van der Waals surface area contributed by atoms with Crippen LogP contribution in [-0.4, -0.2) is 31.7 Å². The highest BCUT2D eigenvalue weighted by Crippen LogP contribution is 2.31. The smallest absolute Gasteiger partial charge is 0.377 e. The molecule has 1 saturated heterocycles. The first kappa shape index (κ1) is 13.6. The quantitative estimate of drug-likeness (QED) is 0.854. The molecule has 1 aromatic rings. The predicted octanol–water partition coefficient (Wildman–Crippen LogP) is 2.37. The average Bonchev–Trinajstić information content (AvgIpc) is 2.61. The van der Waals surface area contributed by atoms with Crippen LogP contribution in [0.1, 0.15) is 12.0 Å². The molecule has 1 atom stereocenters. The number of carbonyl (C=O) groups is 1. The summed E-state index contributed by atoms with van der Waals surface area (Å²) in [6.07, 6.45) is -1.38. The Morgan fingerprint density at radius 2 is 2.26 bits per heavy atom. The largest absolute Gasteiger partial charge is 0.496 e. The minimum absolute atomic E-state index is 0.160. The number of esters is 1. The molecule has 0 spiro atoms. The van der Waals surface area contributed by atoms with E-state index in [-0.39, 0.29) is 6.54 Å². The maximum atomic E-state index is 13.0. The molecular formula is C13H15F2NO3. The summed E-state index contributed by atoms with van der Waals surface area (Å²) in [6.45, 7) is 2.04. The summed E-state index contributed by atoms with van der Waals surface area (Å²) in [4.78, 5) is 10.8. The Morgan fingerprint density at radius 3 is 2.79 bits per heavy atom. The zero-order valence-electron chi connectivity index (χ0n) is 10.7. The van der Waals surface area contributed by atoms with Gasteiger partial charge in [0.2, 0.25) is 0 Å². The Balaban J connectivity index is 1.93. The van der Waals surface area contributed by atoms with Crippen molar-refractivity contribution in [3.05, 3.63) is 23.8 Å². The minimum atomic E-state index is -3.36. The lowest BCUT2D eigenvalue weighted by Gasteiger charge is -2.12. The highest BCUT2D eigenvalue weighted by Gasteiger charge is 2.50. The van der Waals surface area contributed by atoms with Gasteiger partial charge in [0, 0.05) is 5.69 Å². The molecule has 2 rings (SSSR count). The van der Waals surface area contributed by atoms with Crippen LogP contribution < -0.4 is 10.1 Å². The number of carbonyl (C=O) groups excluding carboxylic acids is 1. The zero-order valence-corrected chi connectivity index (χ0v) is 10.7. The Morgan fingerprint density at radius 1 is 1.53 bits per heavy atom. The van der Waals surface area contributed by atoms with Gasteiger partial charge in [-0.25, -0.2) is 4.79 Å². The van der Waals surface area contributed by atoms with E-state index in [2.05, 4.69) is 10.1 Å². The number of ether oxygens (including phenoxy) is 2. The summed E-state index contributed by atoms with van der Waals surface area (Å²) in [5.74, 6) is -4.04. The van der Waals surface area contributed by atoms with Gasteiger partial charge in [-0.2, -0.15) is 8.78 Å². The Kier molecular flexibility index (Phi) is 3.59. The topological polar surface area (TPSA) is 47.6 Å². The molecule has 1 aliphatic heterocycles. The highest BCUT2D eigenvalue weighted by molar-refractivity contribution is 5.79. The number of methoxy groups -OCH3 is 1. The maximum Gasteiger partial charge on any atom is 0.377 e. The molecule has 19 heavy (non-hydrogen) atoms. The number of hydrogen-bond acceptors (Lipinski definition) is 4. The van der Waals surface area contributed by atoms with Gasteiger partial charge in [0.25, 0.3) is 0 Å². The fourth-order valence-corrected chi connectivity index (χ4v) is 1.98. The van der Waals surface area contributed by atoms with E-state index in [0.29, 0.717) is 0 Å². The summed E-state index contributed by atoms with van der Waals surface area (Å²) in [7, 11) is 1.58. The van der Waals surface area contributed by atoms with Crippen LogP contribution in [0.5, 0.6) is 5.75 Å². The molecule has 0 amide bonds.